The minimum Gasteiger partial charge on any atom is -0.357 e. The molecule has 0 aromatic rings. The molecule has 1 aliphatic heterocycles. The topological polar surface area (TPSA) is 183 Å². The molecule has 6 amide bonds. The van der Waals surface area contributed by atoms with E-state index >= 15 is 0 Å². The first-order valence-electron chi connectivity index (χ1n) is 15.7. The summed E-state index contributed by atoms with van der Waals surface area (Å²) < 4.78 is 27.0. The number of hydrogen-bond acceptors (Lipinski definition) is 7. The Kier molecular flexibility index (Phi) is 10.0. The molecule has 4 rings (SSSR count). The van der Waals surface area contributed by atoms with Gasteiger partial charge in [-0.1, -0.05) is 46.1 Å². The molecule has 44 heavy (non-hydrogen) atoms. The molecular formula is C30H48N6O7S. The fourth-order valence-electron chi connectivity index (χ4n) is 6.43. The highest BCUT2D eigenvalue weighted by atomic mass is 32.2. The fraction of sp³-hybridized carbons (Fsp3) is 0.767. The summed E-state index contributed by atoms with van der Waals surface area (Å²) in [6.07, 6.45) is 8.26. The van der Waals surface area contributed by atoms with Crippen LogP contribution in [0.4, 0.5) is 4.79 Å². The summed E-state index contributed by atoms with van der Waals surface area (Å²) in [6, 6.07) is -3.28. The molecule has 246 valence electrons. The standard InChI is InChI=1S/C30H48N6O7S/c1-6-19-17-30(19,27(40)35-44(42,43)20-14-15-20)34-28(41)36-16-10-13-21(36)24(37)33-23(29(2,3)4)26(39)32-22(25(38)31-5)18-11-8-7-9-12-18/h6,18-23H,1,7-17H2,2-5H3,(H,31,38)(H,32,39)(H,33,37)(H,34,41)(H,35,40)/t19?,21-,22-,23+,30?/m0/s1. The molecular weight excluding hydrogens is 588 g/mol. The van der Waals surface area contributed by atoms with Crippen LogP contribution in [0.25, 0.3) is 0 Å². The van der Waals surface area contributed by atoms with Crippen LogP contribution in [-0.4, -0.2) is 85.5 Å². The Labute approximate surface area is 260 Å². The van der Waals surface area contributed by atoms with Gasteiger partial charge in [-0.05, 0) is 56.3 Å². The minimum absolute atomic E-state index is 0.00332. The number of carbonyl (C=O) groups is 5. The van der Waals surface area contributed by atoms with Gasteiger partial charge in [0, 0.05) is 19.5 Å². The molecule has 0 aromatic heterocycles. The van der Waals surface area contributed by atoms with Crippen LogP contribution in [0.15, 0.2) is 12.7 Å². The Balaban J connectivity index is 1.44. The molecule has 14 heteroatoms. The average Bonchev–Trinajstić information content (AvgIpc) is 3.90. The molecule has 2 unspecified atom stereocenters. The lowest BCUT2D eigenvalue weighted by atomic mass is 9.82. The zero-order valence-electron chi connectivity index (χ0n) is 26.2. The summed E-state index contributed by atoms with van der Waals surface area (Å²) in [7, 11) is -2.29. The highest BCUT2D eigenvalue weighted by Gasteiger charge is 2.61. The number of likely N-dealkylation sites (N-methyl/N-ethyl adjacent to an activating group) is 1. The van der Waals surface area contributed by atoms with Gasteiger partial charge in [-0.2, -0.15) is 0 Å². The molecule has 1 saturated heterocycles. The van der Waals surface area contributed by atoms with Crippen molar-refractivity contribution < 1.29 is 32.4 Å². The Bertz CT molecular complexity index is 1270. The first-order chi connectivity index (χ1) is 20.6. The number of likely N-dealkylation sites (tertiary alicyclic amines) is 1. The van der Waals surface area contributed by atoms with Gasteiger partial charge in [0.1, 0.15) is 23.7 Å². The number of nitrogens with one attached hydrogen (secondary N) is 5. The molecule has 5 N–H and O–H groups in total. The monoisotopic (exact) mass is 636 g/mol. The second-order valence-electron chi connectivity index (χ2n) is 13.8. The third-order valence-electron chi connectivity index (χ3n) is 9.41. The number of carbonyl (C=O) groups excluding carboxylic acids is 5. The van der Waals surface area contributed by atoms with Crippen LogP contribution in [0.2, 0.25) is 0 Å². The lowest BCUT2D eigenvalue weighted by Crippen LogP contribution is -2.62. The van der Waals surface area contributed by atoms with Crippen molar-refractivity contribution in [3.8, 4) is 0 Å². The van der Waals surface area contributed by atoms with Gasteiger partial charge < -0.3 is 26.2 Å². The van der Waals surface area contributed by atoms with Crippen molar-refractivity contribution in [3.63, 3.8) is 0 Å². The number of amides is 6. The van der Waals surface area contributed by atoms with Crippen molar-refractivity contribution >= 4 is 39.7 Å². The summed E-state index contributed by atoms with van der Waals surface area (Å²) >= 11 is 0. The summed E-state index contributed by atoms with van der Waals surface area (Å²) in [5, 5.41) is 10.5. The Morgan fingerprint density at radius 3 is 2.14 bits per heavy atom. The van der Waals surface area contributed by atoms with Gasteiger partial charge in [-0.3, -0.25) is 23.9 Å². The van der Waals surface area contributed by atoms with E-state index in [2.05, 4.69) is 32.6 Å². The number of nitrogens with zero attached hydrogens (tertiary/aromatic N) is 1. The molecule has 13 nitrogen and oxygen atoms in total. The van der Waals surface area contributed by atoms with E-state index < -0.39 is 74.0 Å². The molecule has 0 spiro atoms. The maximum Gasteiger partial charge on any atom is 0.318 e. The predicted molar refractivity (Wildman–Crippen MR) is 163 cm³/mol. The predicted octanol–water partition coefficient (Wildman–Crippen LogP) is 1.06. The highest BCUT2D eigenvalue weighted by Crippen LogP contribution is 2.45. The summed E-state index contributed by atoms with van der Waals surface area (Å²) in [6.45, 7) is 9.39. The van der Waals surface area contributed by atoms with Gasteiger partial charge in [0.2, 0.25) is 27.7 Å². The second kappa shape index (κ2) is 13.1. The maximum atomic E-state index is 13.6. The molecule has 1 heterocycles. The van der Waals surface area contributed by atoms with Crippen LogP contribution in [0.3, 0.4) is 0 Å². The van der Waals surface area contributed by atoms with Crippen LogP contribution in [0, 0.1) is 17.3 Å². The Morgan fingerprint density at radius 2 is 1.59 bits per heavy atom. The molecule has 0 radical (unpaired) electrons. The van der Waals surface area contributed by atoms with E-state index in [1.54, 1.807) is 0 Å². The van der Waals surface area contributed by atoms with Crippen molar-refractivity contribution in [2.24, 2.45) is 17.3 Å². The molecule has 5 atom stereocenters. The molecule has 4 aliphatic rings. The number of rotatable bonds is 11. The highest BCUT2D eigenvalue weighted by molar-refractivity contribution is 7.91. The lowest BCUT2D eigenvalue weighted by Gasteiger charge is -2.35. The normalized spacial score (nSPS) is 27.0. The Hall–Kier alpha value is -3.16. The zero-order valence-corrected chi connectivity index (χ0v) is 27.1. The van der Waals surface area contributed by atoms with Gasteiger partial charge in [-0.15, -0.1) is 6.58 Å². The summed E-state index contributed by atoms with van der Waals surface area (Å²) in [5.74, 6) is -2.53. The van der Waals surface area contributed by atoms with E-state index in [0.717, 1.165) is 32.1 Å². The maximum absolute atomic E-state index is 13.6. The van der Waals surface area contributed by atoms with Crippen LogP contribution < -0.4 is 26.0 Å². The van der Waals surface area contributed by atoms with Gasteiger partial charge in [0.25, 0.3) is 5.91 Å². The fourth-order valence-corrected chi connectivity index (χ4v) is 7.80. The number of urea groups is 1. The largest absolute Gasteiger partial charge is 0.357 e. The van der Waals surface area contributed by atoms with E-state index in [-0.39, 0.29) is 24.8 Å². The van der Waals surface area contributed by atoms with Gasteiger partial charge in [0.15, 0.2) is 0 Å². The van der Waals surface area contributed by atoms with Gasteiger partial charge in [0.05, 0.1) is 5.25 Å². The third kappa shape index (κ3) is 7.37. The van der Waals surface area contributed by atoms with E-state index in [4.69, 9.17) is 0 Å². The molecule has 3 aliphatic carbocycles. The first kappa shape index (κ1) is 33.7. The van der Waals surface area contributed by atoms with E-state index in [9.17, 15) is 32.4 Å². The van der Waals surface area contributed by atoms with E-state index in [1.165, 1.54) is 18.0 Å². The SMILES string of the molecule is C=CC1CC1(NC(=O)N1CCC[C@H]1C(=O)N[C@H](C(=O)N[C@H](C(=O)NC)C1CCCCC1)C(C)(C)C)C(=O)NS(=O)(=O)C1CC1. The smallest absolute Gasteiger partial charge is 0.318 e. The minimum atomic E-state index is -3.82. The zero-order chi connectivity index (χ0) is 32.4. The number of hydrogen-bond donors (Lipinski definition) is 5. The molecule has 0 bridgehead atoms. The average molecular weight is 637 g/mol. The van der Waals surface area contributed by atoms with Crippen molar-refractivity contribution in [1.29, 1.82) is 0 Å². The van der Waals surface area contributed by atoms with E-state index in [1.807, 2.05) is 20.8 Å². The van der Waals surface area contributed by atoms with Crippen LogP contribution >= 0.6 is 0 Å². The third-order valence-corrected chi connectivity index (χ3v) is 11.2. The molecule has 4 fully saturated rings. The van der Waals surface area contributed by atoms with Crippen molar-refractivity contribution in [3.05, 3.63) is 12.7 Å². The van der Waals surface area contributed by atoms with Crippen LogP contribution in [0.5, 0.6) is 0 Å². The Morgan fingerprint density at radius 1 is 0.932 bits per heavy atom. The van der Waals surface area contributed by atoms with Crippen molar-refractivity contribution in [1.82, 2.24) is 30.9 Å². The summed E-state index contributed by atoms with van der Waals surface area (Å²) in [4.78, 5) is 67.9. The lowest BCUT2D eigenvalue weighted by molar-refractivity contribution is -0.136. The van der Waals surface area contributed by atoms with Gasteiger partial charge >= 0.3 is 6.03 Å². The van der Waals surface area contributed by atoms with Crippen LogP contribution in [0.1, 0.15) is 85.0 Å². The number of sulfonamides is 1. The van der Waals surface area contributed by atoms with Crippen LogP contribution in [-0.2, 0) is 29.2 Å². The first-order valence-corrected chi connectivity index (χ1v) is 17.3. The summed E-state index contributed by atoms with van der Waals surface area (Å²) in [5.41, 5.74) is -2.18. The van der Waals surface area contributed by atoms with Gasteiger partial charge in [-0.25, -0.2) is 13.2 Å². The molecule has 3 saturated carbocycles. The second-order valence-corrected chi connectivity index (χ2v) is 15.7. The van der Waals surface area contributed by atoms with E-state index in [0.29, 0.717) is 25.7 Å². The van der Waals surface area contributed by atoms with Crippen molar-refractivity contribution in [2.75, 3.05) is 13.6 Å². The molecule has 0 aromatic carbocycles. The quantitative estimate of drug-likeness (QED) is 0.210. The van der Waals surface area contributed by atoms with Crippen molar-refractivity contribution in [2.45, 2.75) is 114 Å².